The molecule has 0 fully saturated rings. The second-order valence-corrected chi connectivity index (χ2v) is 5.94. The average Bonchev–Trinajstić information content (AvgIpc) is 2.15. The summed E-state index contributed by atoms with van der Waals surface area (Å²) in [6.07, 6.45) is 3.80. The molecule has 0 aliphatic rings. The number of hydrogen-bond donors (Lipinski definition) is 1. The van der Waals surface area contributed by atoms with Gasteiger partial charge in [-0.15, -0.1) is 0 Å². The van der Waals surface area contributed by atoms with Gasteiger partial charge < -0.3 is 9.66 Å². The average molecular weight is 290 g/mol. The van der Waals surface area contributed by atoms with Gasteiger partial charge in [0.25, 0.3) is 0 Å². The van der Waals surface area contributed by atoms with Crippen LogP contribution in [0.1, 0.15) is 58.8 Å². The van der Waals surface area contributed by atoms with Crippen molar-refractivity contribution in [3.8, 4) is 0 Å². The van der Waals surface area contributed by atoms with Crippen molar-refractivity contribution in [2.24, 2.45) is 0 Å². The van der Waals surface area contributed by atoms with E-state index in [4.69, 9.17) is 0 Å². The largest absolute Gasteiger partial charge is 1.00 e. The monoisotopic (exact) mass is 290 g/mol. The minimum absolute atomic E-state index is 0. The van der Waals surface area contributed by atoms with Gasteiger partial charge in [0, 0.05) is 0 Å². The summed E-state index contributed by atoms with van der Waals surface area (Å²) in [5.41, 5.74) is 0. The quantitative estimate of drug-likeness (QED) is 0.337. The van der Waals surface area contributed by atoms with E-state index in [9.17, 15) is 18.1 Å². The molecule has 98 valence electrons. The van der Waals surface area contributed by atoms with E-state index in [0.717, 1.165) is 25.7 Å². The van der Waals surface area contributed by atoms with Crippen molar-refractivity contribution in [1.29, 1.82) is 0 Å². The van der Waals surface area contributed by atoms with E-state index >= 15 is 0 Å². The zero-order valence-electron chi connectivity index (χ0n) is 11.2. The first-order valence-electron chi connectivity index (χ1n) is 6.04. The Bertz CT molecular complexity index is 267. The summed E-state index contributed by atoms with van der Waals surface area (Å²) in [7, 11) is -4.27. The third-order valence-corrected chi connectivity index (χ3v) is 3.94. The van der Waals surface area contributed by atoms with E-state index in [2.05, 4.69) is 0 Å². The molecule has 0 aromatic rings. The second kappa shape index (κ2) is 11.3. The first-order chi connectivity index (χ1) is 7.41. The molecule has 6 heteroatoms. The normalized spacial score (nSPS) is 15.1. The number of hydrogen-bond acceptors (Lipinski definition) is 4. The van der Waals surface area contributed by atoms with E-state index in [1.807, 2.05) is 13.8 Å². The standard InChI is InChI=1S/C11H24O4S.K/c1-3-5-6-8-11(16(13,14)15)9-10(12)7-4-2;/h10-12H,3-9H2,1-2H3,(H,13,14,15);/q;+1/p-1. The molecule has 0 aliphatic heterocycles. The molecule has 0 bridgehead atoms. The third-order valence-electron chi connectivity index (χ3n) is 2.69. The van der Waals surface area contributed by atoms with Crippen LogP contribution in [0.4, 0.5) is 0 Å². The van der Waals surface area contributed by atoms with Gasteiger partial charge in [0.05, 0.1) is 21.5 Å². The summed E-state index contributed by atoms with van der Waals surface area (Å²) in [6, 6.07) is 0. The molecule has 17 heavy (non-hydrogen) atoms. The molecule has 4 nitrogen and oxygen atoms in total. The van der Waals surface area contributed by atoms with Crippen molar-refractivity contribution in [2.75, 3.05) is 0 Å². The van der Waals surface area contributed by atoms with Crippen molar-refractivity contribution in [1.82, 2.24) is 0 Å². The molecule has 0 aromatic heterocycles. The predicted octanol–water partition coefficient (Wildman–Crippen LogP) is -0.964. The van der Waals surface area contributed by atoms with Crippen LogP contribution in [0, 0.1) is 0 Å². The van der Waals surface area contributed by atoms with Gasteiger partial charge in [-0.25, -0.2) is 8.42 Å². The van der Waals surface area contributed by atoms with Gasteiger partial charge in [0.2, 0.25) is 0 Å². The molecule has 2 atom stereocenters. The smallest absolute Gasteiger partial charge is 0.748 e. The van der Waals surface area contributed by atoms with Gasteiger partial charge in [0.15, 0.2) is 0 Å². The molecular weight excluding hydrogens is 267 g/mol. The topological polar surface area (TPSA) is 77.4 Å². The van der Waals surface area contributed by atoms with Crippen molar-refractivity contribution in [2.45, 2.75) is 70.1 Å². The first kappa shape index (κ1) is 20.8. The van der Waals surface area contributed by atoms with Gasteiger partial charge in [-0.3, -0.25) is 0 Å². The molecule has 0 aliphatic carbocycles. The maximum atomic E-state index is 11.0. The van der Waals surface area contributed by atoms with Crippen LogP contribution in [0.5, 0.6) is 0 Å². The molecule has 0 heterocycles. The van der Waals surface area contributed by atoms with Crippen LogP contribution < -0.4 is 51.4 Å². The maximum Gasteiger partial charge on any atom is 1.00 e. The zero-order valence-corrected chi connectivity index (χ0v) is 15.1. The number of unbranched alkanes of at least 4 members (excludes halogenated alkanes) is 2. The van der Waals surface area contributed by atoms with E-state index in [0.29, 0.717) is 12.8 Å². The Kier molecular flexibility index (Phi) is 13.9. The fourth-order valence-electron chi connectivity index (χ4n) is 1.76. The molecule has 2 unspecified atom stereocenters. The Morgan fingerprint density at radius 1 is 1.12 bits per heavy atom. The van der Waals surface area contributed by atoms with Crippen molar-refractivity contribution >= 4 is 10.1 Å². The Morgan fingerprint density at radius 2 is 1.71 bits per heavy atom. The Labute approximate surface area is 148 Å². The van der Waals surface area contributed by atoms with Crippen molar-refractivity contribution < 1.29 is 69.5 Å². The molecule has 0 saturated carbocycles. The summed E-state index contributed by atoms with van der Waals surface area (Å²) < 4.78 is 33.0. The Balaban J connectivity index is 0. The van der Waals surface area contributed by atoms with E-state index in [1.54, 1.807) is 0 Å². The van der Waals surface area contributed by atoms with Crippen LogP contribution in [-0.4, -0.2) is 29.4 Å². The fraction of sp³-hybridized carbons (Fsp3) is 1.00. The van der Waals surface area contributed by atoms with E-state index in [-0.39, 0.29) is 57.8 Å². The van der Waals surface area contributed by atoms with Gasteiger partial charge >= 0.3 is 51.4 Å². The van der Waals surface area contributed by atoms with Crippen LogP contribution >= 0.6 is 0 Å². The summed E-state index contributed by atoms with van der Waals surface area (Å²) in [6.45, 7) is 3.94. The number of rotatable bonds is 9. The molecule has 0 saturated heterocycles. The van der Waals surface area contributed by atoms with Crippen molar-refractivity contribution in [3.63, 3.8) is 0 Å². The van der Waals surface area contributed by atoms with Crippen LogP contribution in [-0.2, 0) is 10.1 Å². The summed E-state index contributed by atoms with van der Waals surface area (Å²) in [5.74, 6) is 0. The Morgan fingerprint density at radius 3 is 2.12 bits per heavy atom. The van der Waals surface area contributed by atoms with Crippen LogP contribution in [0.15, 0.2) is 0 Å². The molecule has 1 N–H and O–H groups in total. The number of aliphatic hydroxyl groups excluding tert-OH is 1. The molecular formula is C11H23KO4S. The zero-order chi connectivity index (χ0) is 12.6. The summed E-state index contributed by atoms with van der Waals surface area (Å²) in [4.78, 5) is 0. The van der Waals surface area contributed by atoms with E-state index in [1.165, 1.54) is 0 Å². The first-order valence-corrected chi connectivity index (χ1v) is 7.51. The summed E-state index contributed by atoms with van der Waals surface area (Å²) >= 11 is 0. The van der Waals surface area contributed by atoms with Crippen molar-refractivity contribution in [3.05, 3.63) is 0 Å². The Hall–Kier alpha value is 1.51. The minimum atomic E-state index is -4.27. The van der Waals surface area contributed by atoms with Gasteiger partial charge in [-0.05, 0) is 19.3 Å². The molecule has 0 amide bonds. The predicted molar refractivity (Wildman–Crippen MR) is 63.2 cm³/mol. The van der Waals surface area contributed by atoms with Gasteiger partial charge in [-0.1, -0.05) is 39.5 Å². The van der Waals surface area contributed by atoms with Crippen LogP contribution in [0.3, 0.4) is 0 Å². The number of aliphatic hydroxyl groups is 1. The fourth-order valence-corrected chi connectivity index (χ4v) is 2.67. The SMILES string of the molecule is CCCCCC(CC(O)CCC)S(=O)(=O)[O-].[K+]. The molecule has 0 rings (SSSR count). The van der Waals surface area contributed by atoms with Crippen LogP contribution in [0.2, 0.25) is 0 Å². The second-order valence-electron chi connectivity index (χ2n) is 4.29. The molecule has 0 aromatic carbocycles. The summed E-state index contributed by atoms with van der Waals surface area (Å²) in [5, 5.41) is 8.62. The minimum Gasteiger partial charge on any atom is -0.748 e. The van der Waals surface area contributed by atoms with Gasteiger partial charge in [0.1, 0.15) is 0 Å². The van der Waals surface area contributed by atoms with Gasteiger partial charge in [-0.2, -0.15) is 0 Å². The van der Waals surface area contributed by atoms with E-state index < -0.39 is 21.5 Å². The molecule has 0 spiro atoms. The maximum absolute atomic E-state index is 11.0. The molecule has 0 radical (unpaired) electrons. The third kappa shape index (κ3) is 11.1. The van der Waals surface area contributed by atoms with Crippen LogP contribution in [0.25, 0.3) is 0 Å².